The van der Waals surface area contributed by atoms with Gasteiger partial charge in [-0.25, -0.2) is 0 Å². The van der Waals surface area contributed by atoms with E-state index in [0.29, 0.717) is 12.2 Å². The highest BCUT2D eigenvalue weighted by Gasteiger charge is 2.25. The maximum absolute atomic E-state index is 5.79. The summed E-state index contributed by atoms with van der Waals surface area (Å²) in [5.41, 5.74) is 0. The summed E-state index contributed by atoms with van der Waals surface area (Å²) in [4.78, 5) is 0. The molecule has 2 aliphatic rings. The van der Waals surface area contributed by atoms with Crippen LogP contribution < -0.4 is 0 Å². The number of thioether (sulfide) groups is 1. The van der Waals surface area contributed by atoms with Crippen LogP contribution in [0.4, 0.5) is 0 Å². The highest BCUT2D eigenvalue weighted by Crippen LogP contribution is 2.28. The van der Waals surface area contributed by atoms with Crippen LogP contribution in [0.1, 0.15) is 25.7 Å². The summed E-state index contributed by atoms with van der Waals surface area (Å²) in [6.45, 7) is 0. The van der Waals surface area contributed by atoms with E-state index in [2.05, 4.69) is 11.8 Å². The van der Waals surface area contributed by atoms with Crippen molar-refractivity contribution in [1.29, 1.82) is 0 Å². The zero-order valence-electron chi connectivity index (χ0n) is 6.21. The molecule has 2 atom stereocenters. The molecule has 0 saturated carbocycles. The molecule has 2 fully saturated rings. The van der Waals surface area contributed by atoms with E-state index in [1.807, 2.05) is 0 Å². The predicted molar refractivity (Wildman–Crippen MR) is 44.5 cm³/mol. The number of fused-ring (bicyclic) bond motifs is 2. The van der Waals surface area contributed by atoms with Gasteiger partial charge in [-0.1, -0.05) is 0 Å². The molecular formula is C8H14OS. The molecule has 2 unspecified atom stereocenters. The maximum Gasteiger partial charge on any atom is 0.0587 e. The van der Waals surface area contributed by atoms with Crippen LogP contribution in [0, 0.1) is 0 Å². The summed E-state index contributed by atoms with van der Waals surface area (Å²) in [6, 6.07) is 0. The van der Waals surface area contributed by atoms with Gasteiger partial charge >= 0.3 is 0 Å². The molecule has 0 amide bonds. The lowest BCUT2D eigenvalue weighted by atomic mass is 10.1. The lowest BCUT2D eigenvalue weighted by molar-refractivity contribution is 0.0414. The van der Waals surface area contributed by atoms with Gasteiger partial charge in [-0.3, -0.25) is 0 Å². The summed E-state index contributed by atoms with van der Waals surface area (Å²) < 4.78 is 5.79. The first-order valence-corrected chi connectivity index (χ1v) is 5.34. The molecule has 2 heteroatoms. The first-order valence-electron chi connectivity index (χ1n) is 4.18. The van der Waals surface area contributed by atoms with Crippen LogP contribution in [0.2, 0.25) is 0 Å². The van der Waals surface area contributed by atoms with Crippen LogP contribution in [0.15, 0.2) is 0 Å². The molecule has 0 N–H and O–H groups in total. The van der Waals surface area contributed by atoms with Gasteiger partial charge in [0.15, 0.2) is 0 Å². The van der Waals surface area contributed by atoms with Crippen molar-refractivity contribution >= 4 is 11.8 Å². The minimum Gasteiger partial charge on any atom is -0.375 e. The van der Waals surface area contributed by atoms with Crippen LogP contribution in [-0.4, -0.2) is 23.7 Å². The summed E-state index contributed by atoms with van der Waals surface area (Å²) in [6.07, 6.45) is 6.48. The van der Waals surface area contributed by atoms with Gasteiger partial charge in [0.25, 0.3) is 0 Å². The van der Waals surface area contributed by atoms with E-state index in [4.69, 9.17) is 4.74 Å². The van der Waals surface area contributed by atoms with Gasteiger partial charge in [0, 0.05) is 0 Å². The third kappa shape index (κ3) is 1.48. The quantitative estimate of drug-likeness (QED) is 0.533. The van der Waals surface area contributed by atoms with Gasteiger partial charge in [-0.2, -0.15) is 11.8 Å². The summed E-state index contributed by atoms with van der Waals surface area (Å²) in [7, 11) is 0. The minimum absolute atomic E-state index is 0.623. The van der Waals surface area contributed by atoms with Crippen LogP contribution in [0.5, 0.6) is 0 Å². The van der Waals surface area contributed by atoms with Gasteiger partial charge in [0.05, 0.1) is 12.2 Å². The Morgan fingerprint density at radius 2 is 1.50 bits per heavy atom. The minimum atomic E-state index is 0.623. The Kier molecular flexibility index (Phi) is 2.19. The molecule has 0 aliphatic carbocycles. The lowest BCUT2D eigenvalue weighted by Crippen LogP contribution is -2.15. The summed E-state index contributed by atoms with van der Waals surface area (Å²) in [5.74, 6) is 2.63. The van der Waals surface area contributed by atoms with Crippen molar-refractivity contribution < 1.29 is 4.74 Å². The monoisotopic (exact) mass is 158 g/mol. The normalized spacial score (nSPS) is 40.8. The van der Waals surface area contributed by atoms with E-state index < -0.39 is 0 Å². The molecule has 0 aromatic rings. The van der Waals surface area contributed by atoms with Crippen molar-refractivity contribution in [2.75, 3.05) is 11.5 Å². The average molecular weight is 158 g/mol. The van der Waals surface area contributed by atoms with Crippen molar-refractivity contribution in [3.63, 3.8) is 0 Å². The van der Waals surface area contributed by atoms with E-state index in [-0.39, 0.29) is 0 Å². The molecule has 0 aromatic heterocycles. The third-order valence-electron chi connectivity index (χ3n) is 2.36. The van der Waals surface area contributed by atoms with Crippen molar-refractivity contribution in [2.24, 2.45) is 0 Å². The maximum atomic E-state index is 5.79. The molecule has 2 heterocycles. The molecule has 2 bridgehead atoms. The molecular weight excluding hydrogens is 144 g/mol. The Morgan fingerprint density at radius 3 is 2.10 bits per heavy atom. The van der Waals surface area contributed by atoms with Gasteiger partial charge in [0.1, 0.15) is 0 Å². The van der Waals surface area contributed by atoms with E-state index in [9.17, 15) is 0 Å². The average Bonchev–Trinajstić information content (AvgIpc) is 2.30. The van der Waals surface area contributed by atoms with E-state index in [1.165, 1.54) is 37.2 Å². The van der Waals surface area contributed by atoms with E-state index in [1.54, 1.807) is 0 Å². The topological polar surface area (TPSA) is 9.23 Å². The third-order valence-corrected chi connectivity index (χ3v) is 3.41. The SMILES string of the molecule is C1CC2CCC(CCS1)O2. The lowest BCUT2D eigenvalue weighted by Gasteiger charge is -2.16. The second-order valence-corrected chi connectivity index (χ2v) is 4.37. The van der Waals surface area contributed by atoms with E-state index in [0.717, 1.165) is 0 Å². The summed E-state index contributed by atoms with van der Waals surface area (Å²) >= 11 is 2.10. The summed E-state index contributed by atoms with van der Waals surface area (Å²) in [5, 5.41) is 0. The van der Waals surface area contributed by atoms with Crippen molar-refractivity contribution in [1.82, 2.24) is 0 Å². The Labute approximate surface area is 66.5 Å². The van der Waals surface area contributed by atoms with Gasteiger partial charge in [0.2, 0.25) is 0 Å². The van der Waals surface area contributed by atoms with Crippen LogP contribution in [-0.2, 0) is 4.74 Å². The Hall–Kier alpha value is 0.310. The largest absolute Gasteiger partial charge is 0.375 e. The van der Waals surface area contributed by atoms with Gasteiger partial charge in [-0.15, -0.1) is 0 Å². The van der Waals surface area contributed by atoms with Crippen molar-refractivity contribution in [3.8, 4) is 0 Å². The van der Waals surface area contributed by atoms with Gasteiger partial charge in [-0.05, 0) is 37.2 Å². The Bertz CT molecular complexity index is 104. The fraction of sp³-hybridized carbons (Fsp3) is 1.00. The van der Waals surface area contributed by atoms with Crippen LogP contribution >= 0.6 is 11.8 Å². The van der Waals surface area contributed by atoms with Crippen molar-refractivity contribution in [3.05, 3.63) is 0 Å². The first kappa shape index (κ1) is 6.99. The first-order chi connectivity index (χ1) is 4.95. The molecule has 0 radical (unpaired) electrons. The number of rotatable bonds is 0. The fourth-order valence-corrected chi connectivity index (χ4v) is 2.80. The molecule has 1 nitrogen and oxygen atoms in total. The van der Waals surface area contributed by atoms with Crippen LogP contribution in [0.25, 0.3) is 0 Å². The zero-order valence-corrected chi connectivity index (χ0v) is 7.03. The predicted octanol–water partition coefficient (Wildman–Crippen LogP) is 2.06. The molecule has 2 aliphatic heterocycles. The molecule has 58 valence electrons. The molecule has 2 rings (SSSR count). The molecule has 0 aromatic carbocycles. The number of ether oxygens (including phenoxy) is 1. The highest BCUT2D eigenvalue weighted by molar-refractivity contribution is 7.99. The fourth-order valence-electron chi connectivity index (χ4n) is 1.74. The molecule has 2 saturated heterocycles. The van der Waals surface area contributed by atoms with Crippen molar-refractivity contribution in [2.45, 2.75) is 37.9 Å². The van der Waals surface area contributed by atoms with Crippen LogP contribution in [0.3, 0.4) is 0 Å². The number of hydrogen-bond donors (Lipinski definition) is 0. The standard InChI is InChI=1S/C8H14OS/c1-2-8-4-6-10-5-3-7(1)9-8/h7-8H,1-6H2. The molecule has 0 spiro atoms. The zero-order chi connectivity index (χ0) is 6.81. The Morgan fingerprint density at radius 1 is 0.900 bits per heavy atom. The smallest absolute Gasteiger partial charge is 0.0587 e. The second-order valence-electron chi connectivity index (χ2n) is 3.15. The van der Waals surface area contributed by atoms with Gasteiger partial charge < -0.3 is 4.74 Å². The second kappa shape index (κ2) is 3.14. The van der Waals surface area contributed by atoms with E-state index >= 15 is 0 Å². The highest BCUT2D eigenvalue weighted by atomic mass is 32.2. The number of hydrogen-bond acceptors (Lipinski definition) is 2. The molecule has 10 heavy (non-hydrogen) atoms. The Balaban J connectivity index is 1.91.